The first-order chi connectivity index (χ1) is 31.2. The Hall–Kier alpha value is -5.75. The maximum atomic E-state index is 13.0. The van der Waals surface area contributed by atoms with Gasteiger partial charge in [-0.2, -0.15) is 0 Å². The van der Waals surface area contributed by atoms with Crippen molar-refractivity contribution < 1.29 is 77.9 Å². The molecule has 3 aliphatic carbocycles. The van der Waals surface area contributed by atoms with E-state index in [1.54, 1.807) is 6.07 Å². The molecule has 5 amide bonds. The van der Waals surface area contributed by atoms with Crippen LogP contribution in [0, 0.1) is 17.3 Å². The molecule has 0 heterocycles. The number of aliphatic carboxylic acids is 4. The average Bonchev–Trinajstić information content (AvgIpc) is 3.57. The van der Waals surface area contributed by atoms with E-state index in [2.05, 4.69) is 33.5 Å². The van der Waals surface area contributed by atoms with Crippen LogP contribution in [-0.2, 0) is 59.2 Å². The third-order valence-corrected chi connectivity index (χ3v) is 14.6. The van der Waals surface area contributed by atoms with Crippen LogP contribution >= 0.6 is 21.6 Å². The summed E-state index contributed by atoms with van der Waals surface area (Å²) in [5.41, 5.74) is 7.47. The van der Waals surface area contributed by atoms with Crippen LogP contribution in [0.4, 0.5) is 0 Å². The number of ketones is 1. The van der Waals surface area contributed by atoms with Gasteiger partial charge in [-0.15, -0.1) is 0 Å². The second-order valence-electron chi connectivity index (χ2n) is 16.7. The maximum absolute atomic E-state index is 13.0. The summed E-state index contributed by atoms with van der Waals surface area (Å²) in [5.74, 6) is -9.22. The number of hydrogen-bond donors (Lipinski definition) is 10. The van der Waals surface area contributed by atoms with Gasteiger partial charge in [-0.05, 0) is 86.0 Å². The summed E-state index contributed by atoms with van der Waals surface area (Å²) in [4.78, 5) is 134. The standard InChI is InChI=1S/C42H56N6O16S2/c1-42-15-14-24-23-5-3-22(16-21(23)2-4-25(24)26(42)6-9-31(42)49)64-37(57)13-12-34(52)46-28(41(62)63)8-11-33(51)48-30(39(59)45-18-36(55)56)20-66-65-19-29(38(58)44-17-35(53)54)47-32(50)10-7-27(43)40(60)61/h3,5,16,24-30H,2,4,6-15,17-20,43H2,1H3,(H,44,58)(H,45,59)(H,46,52)(H,47,50)(H,48,51)(H,53,54)(H,55,56)(H,60,61)(H,62,63). The van der Waals surface area contributed by atoms with Gasteiger partial charge in [0.2, 0.25) is 29.5 Å². The summed E-state index contributed by atoms with van der Waals surface area (Å²) >= 11 is 0. The molecule has 0 aromatic heterocycles. The maximum Gasteiger partial charge on any atom is 0.326 e. The Morgan fingerprint density at radius 2 is 1.29 bits per heavy atom. The number of rotatable bonds is 26. The van der Waals surface area contributed by atoms with E-state index < -0.39 is 116 Å². The Labute approximate surface area is 386 Å². The molecular weight excluding hydrogens is 909 g/mol. The molecule has 362 valence electrons. The molecule has 22 nitrogen and oxygen atoms in total. The Kier molecular flexibility index (Phi) is 19.8. The molecular formula is C42H56N6O16S2. The van der Waals surface area contributed by atoms with E-state index in [0.29, 0.717) is 35.7 Å². The SMILES string of the molecule is CC12CCC3c4ccc(OC(=O)CCC(=O)NC(CCC(=O)NC(CSSCC(NC(=O)CCC(N)C(=O)O)C(=O)NCC(=O)O)C(=O)NCC(=O)O)C(=O)O)cc4CCC3C1CCC2=O. The van der Waals surface area contributed by atoms with Crippen LogP contribution in [0.1, 0.15) is 94.6 Å². The molecule has 0 aliphatic heterocycles. The number of ether oxygens (including phenoxy) is 1. The molecule has 2 saturated carbocycles. The number of fused-ring (bicyclic) bond motifs is 5. The average molecular weight is 965 g/mol. The minimum Gasteiger partial charge on any atom is -0.480 e. The molecule has 0 saturated heterocycles. The van der Waals surface area contributed by atoms with Crippen LogP contribution < -0.4 is 37.1 Å². The molecule has 66 heavy (non-hydrogen) atoms. The van der Waals surface area contributed by atoms with Crippen LogP contribution in [0.3, 0.4) is 0 Å². The lowest BCUT2D eigenvalue weighted by atomic mass is 9.55. The molecule has 8 atom stereocenters. The molecule has 4 rings (SSSR count). The minimum atomic E-state index is -1.58. The Balaban J connectivity index is 1.25. The largest absolute Gasteiger partial charge is 0.480 e. The van der Waals surface area contributed by atoms with Gasteiger partial charge < -0.3 is 57.5 Å². The lowest BCUT2D eigenvalue weighted by Crippen LogP contribution is -2.50. The molecule has 3 aliphatic rings. The predicted molar refractivity (Wildman–Crippen MR) is 235 cm³/mol. The third kappa shape index (κ3) is 15.4. The quantitative estimate of drug-likeness (QED) is 0.0255. The number of nitrogens with one attached hydrogen (secondary N) is 5. The van der Waals surface area contributed by atoms with Crippen molar-refractivity contribution in [2.75, 3.05) is 24.6 Å². The molecule has 8 unspecified atom stereocenters. The van der Waals surface area contributed by atoms with Crippen LogP contribution in [0.2, 0.25) is 0 Å². The number of hydrogen-bond acceptors (Lipinski definition) is 15. The number of nitrogens with two attached hydrogens (primary N) is 1. The summed E-state index contributed by atoms with van der Waals surface area (Å²) in [7, 11) is 1.79. The van der Waals surface area contributed by atoms with Crippen molar-refractivity contribution >= 4 is 86.8 Å². The highest BCUT2D eigenvalue weighted by atomic mass is 33.1. The lowest BCUT2D eigenvalue weighted by molar-refractivity contribution is -0.142. The fourth-order valence-electron chi connectivity index (χ4n) is 8.70. The van der Waals surface area contributed by atoms with Crippen LogP contribution in [0.15, 0.2) is 18.2 Å². The van der Waals surface area contributed by atoms with Gasteiger partial charge in [0.05, 0.1) is 6.42 Å². The monoisotopic (exact) mass is 964 g/mol. The zero-order valence-electron chi connectivity index (χ0n) is 36.2. The first-order valence-corrected chi connectivity index (χ1v) is 23.9. The molecule has 1 aromatic carbocycles. The van der Waals surface area contributed by atoms with E-state index in [1.165, 1.54) is 5.56 Å². The van der Waals surface area contributed by atoms with Crippen LogP contribution in [0.5, 0.6) is 5.75 Å². The van der Waals surface area contributed by atoms with E-state index in [1.807, 2.05) is 12.1 Å². The molecule has 1 aromatic rings. The van der Waals surface area contributed by atoms with Gasteiger partial charge in [0.25, 0.3) is 0 Å². The third-order valence-electron chi connectivity index (χ3n) is 12.2. The van der Waals surface area contributed by atoms with Crippen molar-refractivity contribution in [2.24, 2.45) is 23.0 Å². The molecule has 2 fully saturated rings. The second kappa shape index (κ2) is 24.7. The minimum absolute atomic E-state index is 0.220. The van der Waals surface area contributed by atoms with Gasteiger partial charge in [0.15, 0.2) is 0 Å². The summed E-state index contributed by atoms with van der Waals surface area (Å²) in [6.45, 7) is 0.520. The van der Waals surface area contributed by atoms with Crippen molar-refractivity contribution in [2.45, 2.75) is 114 Å². The zero-order chi connectivity index (χ0) is 48.7. The Morgan fingerprint density at radius 1 is 0.727 bits per heavy atom. The highest BCUT2D eigenvalue weighted by molar-refractivity contribution is 8.76. The normalized spacial score (nSPS) is 21.2. The van der Waals surface area contributed by atoms with E-state index in [-0.39, 0.29) is 36.2 Å². The van der Waals surface area contributed by atoms with Crippen molar-refractivity contribution in [3.8, 4) is 5.75 Å². The Bertz CT molecular complexity index is 2060. The summed E-state index contributed by atoms with van der Waals surface area (Å²) < 4.78 is 5.52. The first kappa shape index (κ1) is 52.9. The van der Waals surface area contributed by atoms with Crippen molar-refractivity contribution in [1.29, 1.82) is 0 Å². The fourth-order valence-corrected chi connectivity index (χ4v) is 11.0. The van der Waals surface area contributed by atoms with E-state index in [0.717, 1.165) is 59.3 Å². The number of benzene rings is 1. The van der Waals surface area contributed by atoms with Crippen molar-refractivity contribution in [3.05, 3.63) is 29.3 Å². The fraction of sp³-hybridized carbons (Fsp3) is 0.595. The van der Waals surface area contributed by atoms with Crippen LogP contribution in [0.25, 0.3) is 0 Å². The van der Waals surface area contributed by atoms with Gasteiger partial charge in [-0.25, -0.2) is 4.79 Å². The summed E-state index contributed by atoms with van der Waals surface area (Å²) in [6.07, 6.45) is 2.67. The number of aryl methyl sites for hydroxylation is 1. The van der Waals surface area contributed by atoms with E-state index in [9.17, 15) is 57.8 Å². The van der Waals surface area contributed by atoms with Crippen molar-refractivity contribution in [1.82, 2.24) is 26.6 Å². The van der Waals surface area contributed by atoms with E-state index in [4.69, 9.17) is 25.8 Å². The summed E-state index contributed by atoms with van der Waals surface area (Å²) in [5, 5.41) is 47.9. The number of carboxylic acids is 4. The topological polar surface area (TPSA) is 364 Å². The predicted octanol–water partition coefficient (Wildman–Crippen LogP) is 0.0917. The number of Topliss-reactive ketones (excluding diaryl/α,β-unsaturated/α-hetero) is 1. The van der Waals surface area contributed by atoms with Gasteiger partial charge in [-0.1, -0.05) is 34.6 Å². The Morgan fingerprint density at radius 3 is 1.85 bits per heavy atom. The number of carbonyl (C=O) groups is 11. The van der Waals surface area contributed by atoms with Crippen LogP contribution in [-0.4, -0.2) is 134 Å². The molecule has 24 heteroatoms. The number of carboxylic acid groups (broad SMARTS) is 4. The number of esters is 1. The van der Waals surface area contributed by atoms with E-state index >= 15 is 0 Å². The van der Waals surface area contributed by atoms with Crippen molar-refractivity contribution in [3.63, 3.8) is 0 Å². The van der Waals surface area contributed by atoms with Gasteiger partial charge in [0.1, 0.15) is 48.8 Å². The summed E-state index contributed by atoms with van der Waals surface area (Å²) in [6, 6.07) is -0.149. The van der Waals surface area contributed by atoms with Gasteiger partial charge in [0, 0.05) is 42.6 Å². The molecule has 11 N–H and O–H groups in total. The number of amides is 5. The second-order valence-corrected chi connectivity index (χ2v) is 19.2. The zero-order valence-corrected chi connectivity index (χ0v) is 37.8. The van der Waals surface area contributed by atoms with Gasteiger partial charge >= 0.3 is 29.8 Å². The van der Waals surface area contributed by atoms with Gasteiger partial charge in [-0.3, -0.25) is 47.9 Å². The highest BCUT2D eigenvalue weighted by Crippen LogP contribution is 2.59. The number of carbonyl (C=O) groups excluding carboxylic acids is 7. The smallest absolute Gasteiger partial charge is 0.326 e. The first-order valence-electron chi connectivity index (χ1n) is 21.4. The molecule has 0 spiro atoms. The highest BCUT2D eigenvalue weighted by Gasteiger charge is 2.54. The lowest BCUT2D eigenvalue weighted by Gasteiger charge is -2.48. The molecule has 0 radical (unpaired) electrons. The molecule has 0 bridgehead atoms.